The van der Waals surface area contributed by atoms with Crippen LogP contribution in [0.4, 0.5) is 5.69 Å². The number of para-hydroxylation sites is 1. The van der Waals surface area contributed by atoms with E-state index in [4.69, 9.17) is 4.99 Å². The lowest BCUT2D eigenvalue weighted by molar-refractivity contribution is 0.415. The van der Waals surface area contributed by atoms with Crippen LogP contribution < -0.4 is 5.30 Å². The fraction of sp³-hybridized carbons (Fsp3) is 0.457. The molecule has 0 bridgehead atoms. The Balaban J connectivity index is 2.19. The molecular weight excluding hydrogens is 481 g/mol. The zero-order chi connectivity index (χ0) is 28.0. The summed E-state index contributed by atoms with van der Waals surface area (Å²) in [5, 5.41) is 13.1. The number of unbranched alkanes of at least 4 members (excludes halogenated alkanes) is 2. The van der Waals surface area contributed by atoms with Gasteiger partial charge in [-0.1, -0.05) is 138 Å². The smallest absolute Gasteiger partial charge is 0.123 e. The van der Waals surface area contributed by atoms with E-state index in [2.05, 4.69) is 91.8 Å². The first-order valence-electron chi connectivity index (χ1n) is 14.3. The average Bonchev–Trinajstić information content (AvgIpc) is 2.87. The summed E-state index contributed by atoms with van der Waals surface area (Å²) in [6, 6.07) is 23.4. The molecule has 0 heterocycles. The fourth-order valence-corrected chi connectivity index (χ4v) is 6.83. The maximum absolute atomic E-state index is 11.9. The van der Waals surface area contributed by atoms with E-state index in [1.165, 1.54) is 23.7 Å². The number of phenolic OH excluding ortho intramolecular Hbond substituents is 1. The number of nitrogens with zero attached hydrogens (tertiary/aromatic N) is 1. The summed E-state index contributed by atoms with van der Waals surface area (Å²) in [5.74, 6) is 0.492. The summed E-state index contributed by atoms with van der Waals surface area (Å²) in [5.41, 5.74) is 5.44. The summed E-state index contributed by atoms with van der Waals surface area (Å²) in [4.78, 5) is 4.78. The van der Waals surface area contributed by atoms with Crippen molar-refractivity contribution in [3.8, 4) is 5.75 Å². The lowest BCUT2D eigenvalue weighted by atomic mass is 9.76. The largest absolute Gasteiger partial charge is 0.507 e. The fourth-order valence-electron chi connectivity index (χ4n) is 5.04. The highest BCUT2D eigenvalue weighted by Gasteiger charge is 2.37. The molecule has 204 valence electrons. The molecule has 0 aromatic heterocycles. The number of hydrogen-bond donors (Lipinski definition) is 1. The molecule has 0 saturated carbocycles. The van der Waals surface area contributed by atoms with Crippen LogP contribution in [-0.2, 0) is 16.0 Å². The van der Waals surface area contributed by atoms with Crippen molar-refractivity contribution in [3.63, 3.8) is 0 Å². The lowest BCUT2D eigenvalue weighted by Gasteiger charge is -2.38. The molecule has 0 spiro atoms. The van der Waals surface area contributed by atoms with E-state index >= 15 is 0 Å². The summed E-state index contributed by atoms with van der Waals surface area (Å²) in [6.45, 7) is 18.0. The number of aromatic hydroxyl groups is 1. The van der Waals surface area contributed by atoms with Gasteiger partial charge in [0.05, 0.1) is 5.69 Å². The van der Waals surface area contributed by atoms with Gasteiger partial charge in [-0.15, -0.1) is 0 Å². The van der Waals surface area contributed by atoms with Gasteiger partial charge in [0.1, 0.15) is 5.75 Å². The first-order chi connectivity index (χ1) is 17.9. The van der Waals surface area contributed by atoms with Crippen molar-refractivity contribution >= 4 is 25.8 Å². The molecule has 1 N–H and O–H groups in total. The minimum Gasteiger partial charge on any atom is -0.507 e. The summed E-state index contributed by atoms with van der Waals surface area (Å²) in [7, 11) is 0.526. The van der Waals surface area contributed by atoms with Gasteiger partial charge in [-0.05, 0) is 52.2 Å². The first-order valence-corrected chi connectivity index (χ1v) is 15.3. The molecule has 3 aromatic rings. The Labute approximate surface area is 233 Å². The summed E-state index contributed by atoms with van der Waals surface area (Å²) < 4.78 is 0. The third-order valence-corrected chi connectivity index (χ3v) is 9.63. The minimum atomic E-state index is -0.146. The van der Waals surface area contributed by atoms with Gasteiger partial charge in [-0.2, -0.15) is 0 Å². The van der Waals surface area contributed by atoms with Crippen LogP contribution in [0.15, 0.2) is 71.7 Å². The van der Waals surface area contributed by atoms with Gasteiger partial charge in [0.25, 0.3) is 0 Å². The molecule has 0 aliphatic rings. The SMILES string of the molecule is CCCCCC(CC)(Pc1ccccc1/C=N/c1ccccc1)c1cc(C(C)(C)C)cc(C(C)(C)C)c1O. The molecule has 3 aromatic carbocycles. The quantitative estimate of drug-likeness (QED) is 0.158. The van der Waals surface area contributed by atoms with Crippen molar-refractivity contribution in [1.29, 1.82) is 0 Å². The van der Waals surface area contributed by atoms with Crippen molar-refractivity contribution in [2.24, 2.45) is 4.99 Å². The zero-order valence-corrected chi connectivity index (χ0v) is 25.9. The third kappa shape index (κ3) is 7.35. The molecule has 0 saturated heterocycles. The zero-order valence-electron chi connectivity index (χ0n) is 24.9. The van der Waals surface area contributed by atoms with E-state index < -0.39 is 0 Å². The first kappa shape index (κ1) is 30.1. The van der Waals surface area contributed by atoms with E-state index in [1.807, 2.05) is 36.5 Å². The standard InChI is InChI=1S/C35H48NOP/c1-9-11-17-22-35(10-2,30-24-27(33(3,4)5)23-29(32(30)37)34(6,7)8)38-31-21-16-15-18-26(31)25-36-28-19-13-12-14-20-28/h12-16,18-21,23-25,37-38H,9-11,17,22H2,1-8H3/b36-25+. The number of aliphatic imine (C=N–C) groups is 1. The van der Waals surface area contributed by atoms with Gasteiger partial charge in [0, 0.05) is 22.5 Å². The van der Waals surface area contributed by atoms with E-state index in [1.54, 1.807) is 0 Å². The highest BCUT2D eigenvalue weighted by atomic mass is 31.1. The maximum Gasteiger partial charge on any atom is 0.123 e. The Bertz CT molecular complexity index is 1220. The average molecular weight is 530 g/mol. The van der Waals surface area contributed by atoms with Crippen LogP contribution in [0.1, 0.15) is 110 Å². The van der Waals surface area contributed by atoms with Crippen LogP contribution in [0, 0.1) is 0 Å². The molecule has 2 atom stereocenters. The van der Waals surface area contributed by atoms with Crippen molar-refractivity contribution in [2.75, 3.05) is 0 Å². The second-order valence-corrected chi connectivity index (χ2v) is 14.4. The Morgan fingerprint density at radius 3 is 2.03 bits per heavy atom. The molecule has 0 aliphatic heterocycles. The Morgan fingerprint density at radius 1 is 0.789 bits per heavy atom. The van der Waals surface area contributed by atoms with E-state index in [-0.39, 0.29) is 16.0 Å². The Kier molecular flexibility index (Phi) is 9.99. The monoisotopic (exact) mass is 529 g/mol. The maximum atomic E-state index is 11.9. The lowest BCUT2D eigenvalue weighted by Crippen LogP contribution is -2.27. The molecular formula is C35H48NOP. The molecule has 3 rings (SSSR count). The van der Waals surface area contributed by atoms with Crippen LogP contribution in [0.5, 0.6) is 5.75 Å². The minimum absolute atomic E-state index is 0.00525. The predicted octanol–water partition coefficient (Wildman–Crippen LogP) is 9.93. The van der Waals surface area contributed by atoms with Crippen LogP contribution >= 0.6 is 8.58 Å². The highest BCUT2D eigenvalue weighted by molar-refractivity contribution is 7.48. The van der Waals surface area contributed by atoms with Crippen LogP contribution in [-0.4, -0.2) is 11.3 Å². The van der Waals surface area contributed by atoms with Gasteiger partial charge in [0.15, 0.2) is 0 Å². The second kappa shape index (κ2) is 12.6. The predicted molar refractivity (Wildman–Crippen MR) is 170 cm³/mol. The second-order valence-electron chi connectivity index (χ2n) is 12.6. The molecule has 2 nitrogen and oxygen atoms in total. The van der Waals surface area contributed by atoms with Gasteiger partial charge in [0.2, 0.25) is 0 Å². The molecule has 38 heavy (non-hydrogen) atoms. The molecule has 0 radical (unpaired) electrons. The highest BCUT2D eigenvalue weighted by Crippen LogP contribution is 2.53. The Hall–Kier alpha value is -2.44. The normalized spacial score (nSPS) is 14.4. The van der Waals surface area contributed by atoms with E-state index in [0.29, 0.717) is 14.3 Å². The number of rotatable bonds is 10. The van der Waals surface area contributed by atoms with Crippen LogP contribution in [0.2, 0.25) is 0 Å². The van der Waals surface area contributed by atoms with Crippen LogP contribution in [0.25, 0.3) is 0 Å². The Morgan fingerprint density at radius 2 is 1.42 bits per heavy atom. The number of phenols is 1. The molecule has 0 amide bonds. The molecule has 2 unspecified atom stereocenters. The topological polar surface area (TPSA) is 32.6 Å². The third-order valence-electron chi connectivity index (χ3n) is 7.55. The van der Waals surface area contributed by atoms with Crippen LogP contribution in [0.3, 0.4) is 0 Å². The van der Waals surface area contributed by atoms with Gasteiger partial charge in [-0.3, -0.25) is 4.99 Å². The van der Waals surface area contributed by atoms with Gasteiger partial charge >= 0.3 is 0 Å². The van der Waals surface area contributed by atoms with Crippen molar-refractivity contribution in [2.45, 2.75) is 103 Å². The van der Waals surface area contributed by atoms with Crippen molar-refractivity contribution in [1.82, 2.24) is 0 Å². The van der Waals surface area contributed by atoms with Crippen molar-refractivity contribution in [3.05, 3.63) is 89.0 Å². The molecule has 0 fully saturated rings. The number of hydrogen-bond acceptors (Lipinski definition) is 2. The van der Waals surface area contributed by atoms with E-state index in [9.17, 15) is 5.11 Å². The summed E-state index contributed by atoms with van der Waals surface area (Å²) >= 11 is 0. The molecule has 0 aliphatic carbocycles. The van der Waals surface area contributed by atoms with Gasteiger partial charge < -0.3 is 5.11 Å². The van der Waals surface area contributed by atoms with E-state index in [0.717, 1.165) is 41.6 Å². The number of benzene rings is 3. The van der Waals surface area contributed by atoms with Crippen molar-refractivity contribution < 1.29 is 5.11 Å². The van der Waals surface area contributed by atoms with Gasteiger partial charge in [-0.25, -0.2) is 0 Å². The molecule has 3 heteroatoms. The summed E-state index contributed by atoms with van der Waals surface area (Å²) in [6.07, 6.45) is 7.59.